The first kappa shape index (κ1) is 29.1. The van der Waals surface area contributed by atoms with E-state index >= 15 is 0 Å². The van der Waals surface area contributed by atoms with Crippen LogP contribution in [0.25, 0.3) is 10.9 Å². The molecule has 1 saturated carbocycles. The average molecular weight is 589 g/mol. The van der Waals surface area contributed by atoms with Gasteiger partial charge in [0.25, 0.3) is 5.91 Å². The molecule has 5 atom stereocenters. The standard InChI is InChI=1S/C33H40N4O6/c1-3-43-32(41)33-17-22(33)12-8-6-4-5-7-9-15-28(38)37-19-21-18-36(20-24(21)29(37)30(39)35-33)31(40)26-16-27(42-2)23-13-10-11-14-25(23)34-26/h8,10-14,16,21-22,24,29H,3-7,9,15,17-20H2,1-2H3,(H,35,39)/b12-8-/t21-,22+,24-,29-,33+/m0/s1. The molecule has 1 aromatic carbocycles. The van der Waals surface area contributed by atoms with Gasteiger partial charge in [0.15, 0.2) is 0 Å². The summed E-state index contributed by atoms with van der Waals surface area (Å²) in [6.07, 6.45) is 9.66. The van der Waals surface area contributed by atoms with Crippen LogP contribution in [0.1, 0.15) is 62.4 Å². The number of para-hydroxylation sites is 1. The Morgan fingerprint density at radius 3 is 2.72 bits per heavy atom. The van der Waals surface area contributed by atoms with E-state index < -0.39 is 17.6 Å². The van der Waals surface area contributed by atoms with Crippen molar-refractivity contribution >= 4 is 34.6 Å². The summed E-state index contributed by atoms with van der Waals surface area (Å²) in [5.74, 6) is -0.936. The third-order valence-corrected chi connectivity index (χ3v) is 9.54. The molecule has 1 aliphatic carbocycles. The Morgan fingerprint density at radius 1 is 1.09 bits per heavy atom. The number of nitrogens with zero attached hydrogens (tertiary/aromatic N) is 3. The van der Waals surface area contributed by atoms with E-state index in [9.17, 15) is 19.2 Å². The highest BCUT2D eigenvalue weighted by Crippen LogP contribution is 2.47. The maximum atomic E-state index is 14.1. The van der Waals surface area contributed by atoms with Gasteiger partial charge in [0.05, 0.1) is 19.2 Å². The second-order valence-corrected chi connectivity index (χ2v) is 12.2. The van der Waals surface area contributed by atoms with Crippen LogP contribution < -0.4 is 10.1 Å². The van der Waals surface area contributed by atoms with E-state index in [4.69, 9.17) is 9.47 Å². The van der Waals surface area contributed by atoms with E-state index in [1.807, 2.05) is 30.3 Å². The lowest BCUT2D eigenvalue weighted by atomic mass is 9.93. The van der Waals surface area contributed by atoms with Crippen molar-refractivity contribution in [2.45, 2.75) is 63.5 Å². The highest BCUT2D eigenvalue weighted by molar-refractivity contribution is 5.98. The maximum absolute atomic E-state index is 14.1. The normalized spacial score (nSPS) is 29.9. The van der Waals surface area contributed by atoms with Gasteiger partial charge in [-0.2, -0.15) is 0 Å². The second-order valence-electron chi connectivity index (χ2n) is 12.2. The summed E-state index contributed by atoms with van der Waals surface area (Å²) in [5.41, 5.74) is -0.167. The highest BCUT2D eigenvalue weighted by Gasteiger charge is 2.63. The summed E-state index contributed by atoms with van der Waals surface area (Å²) < 4.78 is 10.9. The highest BCUT2D eigenvalue weighted by atomic mass is 16.5. The zero-order valence-corrected chi connectivity index (χ0v) is 24.9. The molecule has 3 amide bonds. The van der Waals surface area contributed by atoms with Crippen molar-refractivity contribution in [3.05, 3.63) is 48.2 Å². The molecule has 0 bridgehead atoms. The van der Waals surface area contributed by atoms with Crippen LogP contribution in [-0.4, -0.2) is 83.4 Å². The molecule has 43 heavy (non-hydrogen) atoms. The fourth-order valence-corrected chi connectivity index (χ4v) is 7.19. The number of ether oxygens (including phenoxy) is 2. The van der Waals surface area contributed by atoms with Crippen LogP contribution in [0, 0.1) is 17.8 Å². The van der Waals surface area contributed by atoms with Crippen molar-refractivity contribution < 1.29 is 28.7 Å². The lowest BCUT2D eigenvalue weighted by Gasteiger charge is -2.30. The number of likely N-dealkylation sites (tertiary alicyclic amines) is 1. The fourth-order valence-electron chi connectivity index (χ4n) is 7.19. The first-order chi connectivity index (χ1) is 20.9. The average Bonchev–Trinajstić information content (AvgIpc) is 3.35. The van der Waals surface area contributed by atoms with Crippen LogP contribution in [0.4, 0.5) is 0 Å². The van der Waals surface area contributed by atoms with Crippen LogP contribution >= 0.6 is 0 Å². The molecule has 10 heteroatoms. The number of esters is 1. The Morgan fingerprint density at radius 2 is 1.91 bits per heavy atom. The summed E-state index contributed by atoms with van der Waals surface area (Å²) in [7, 11) is 1.57. The Bertz CT molecular complexity index is 1460. The molecule has 3 fully saturated rings. The lowest BCUT2D eigenvalue weighted by molar-refractivity contribution is -0.150. The number of carbonyl (C=O) groups excluding carboxylic acids is 4. The third kappa shape index (κ3) is 5.47. The summed E-state index contributed by atoms with van der Waals surface area (Å²) in [4.78, 5) is 62.5. The molecular formula is C33H40N4O6. The van der Waals surface area contributed by atoms with Gasteiger partial charge in [-0.3, -0.25) is 14.4 Å². The second kappa shape index (κ2) is 12.0. The lowest BCUT2D eigenvalue weighted by Crippen LogP contribution is -2.55. The molecule has 10 nitrogen and oxygen atoms in total. The third-order valence-electron chi connectivity index (χ3n) is 9.54. The topological polar surface area (TPSA) is 118 Å². The molecule has 228 valence electrons. The van der Waals surface area contributed by atoms with Gasteiger partial charge in [0, 0.05) is 55.3 Å². The first-order valence-electron chi connectivity index (χ1n) is 15.5. The summed E-state index contributed by atoms with van der Waals surface area (Å²) in [6, 6.07) is 8.40. The fraction of sp³-hybridized carbons (Fsp3) is 0.545. The number of carbonyl (C=O) groups is 4. The number of aromatic nitrogens is 1. The number of methoxy groups -OCH3 is 1. The summed E-state index contributed by atoms with van der Waals surface area (Å²) in [5, 5.41) is 3.87. The smallest absolute Gasteiger partial charge is 0.332 e. The van der Waals surface area contributed by atoms with Crippen LogP contribution in [0.15, 0.2) is 42.5 Å². The van der Waals surface area contributed by atoms with Crippen molar-refractivity contribution in [2.75, 3.05) is 33.4 Å². The van der Waals surface area contributed by atoms with Gasteiger partial charge >= 0.3 is 5.97 Å². The number of allylic oxidation sites excluding steroid dienone is 1. The Balaban J connectivity index is 1.26. The zero-order valence-electron chi connectivity index (χ0n) is 24.9. The summed E-state index contributed by atoms with van der Waals surface area (Å²) in [6.45, 7) is 3.11. The van der Waals surface area contributed by atoms with Crippen LogP contribution in [0.2, 0.25) is 0 Å². The van der Waals surface area contributed by atoms with Gasteiger partial charge in [-0.1, -0.05) is 37.1 Å². The number of hydrogen-bond donors (Lipinski definition) is 1. The number of pyridine rings is 1. The van der Waals surface area contributed by atoms with E-state index in [-0.39, 0.29) is 47.8 Å². The quantitative estimate of drug-likeness (QED) is 0.429. The van der Waals surface area contributed by atoms with E-state index in [0.717, 1.165) is 37.5 Å². The van der Waals surface area contributed by atoms with Gasteiger partial charge in [0.2, 0.25) is 11.8 Å². The minimum absolute atomic E-state index is 0.0427. The van der Waals surface area contributed by atoms with Gasteiger partial charge in [-0.05, 0) is 44.7 Å². The Hall–Kier alpha value is -3.95. The summed E-state index contributed by atoms with van der Waals surface area (Å²) >= 11 is 0. The molecule has 0 radical (unpaired) electrons. The number of hydrogen-bond acceptors (Lipinski definition) is 7. The van der Waals surface area contributed by atoms with Crippen molar-refractivity contribution in [1.29, 1.82) is 0 Å². The van der Waals surface area contributed by atoms with E-state index in [1.54, 1.807) is 29.9 Å². The Labute approximate surface area is 251 Å². The maximum Gasteiger partial charge on any atom is 0.332 e. The number of rotatable bonds is 4. The largest absolute Gasteiger partial charge is 0.496 e. The number of benzene rings is 1. The molecule has 2 aromatic rings. The van der Waals surface area contributed by atoms with Crippen LogP contribution in [0.3, 0.4) is 0 Å². The molecule has 1 N–H and O–H groups in total. The minimum Gasteiger partial charge on any atom is -0.496 e. The van der Waals surface area contributed by atoms with Crippen molar-refractivity contribution in [2.24, 2.45) is 17.8 Å². The van der Waals surface area contributed by atoms with Gasteiger partial charge in [0.1, 0.15) is 23.0 Å². The van der Waals surface area contributed by atoms with Gasteiger partial charge in [-0.25, -0.2) is 9.78 Å². The van der Waals surface area contributed by atoms with E-state index in [2.05, 4.69) is 16.4 Å². The molecule has 0 spiro atoms. The van der Waals surface area contributed by atoms with E-state index in [1.165, 1.54) is 0 Å². The number of nitrogens with one attached hydrogen (secondary N) is 1. The predicted octanol–water partition coefficient (Wildman–Crippen LogP) is 3.49. The monoisotopic (exact) mass is 588 g/mol. The molecule has 1 aromatic heterocycles. The molecular weight excluding hydrogens is 548 g/mol. The molecule has 4 heterocycles. The van der Waals surface area contributed by atoms with Crippen LogP contribution in [0.5, 0.6) is 5.75 Å². The minimum atomic E-state index is -1.11. The predicted molar refractivity (Wildman–Crippen MR) is 159 cm³/mol. The molecule has 3 aliphatic heterocycles. The van der Waals surface area contributed by atoms with Gasteiger partial charge in [-0.15, -0.1) is 0 Å². The van der Waals surface area contributed by atoms with Crippen molar-refractivity contribution in [1.82, 2.24) is 20.1 Å². The van der Waals surface area contributed by atoms with Crippen molar-refractivity contribution in [3.8, 4) is 5.75 Å². The SMILES string of the molecule is CCOC(=O)[C@@]12C[C@H]1/C=C\CCCCCCC(=O)N1C[C@@H]3CN(C(=O)c4cc(OC)c5ccccc5n4)C[C@@H]3[C@H]1C(=O)N2. The molecule has 0 unspecified atom stereocenters. The Kier molecular flexibility index (Phi) is 8.11. The first-order valence-corrected chi connectivity index (χ1v) is 15.5. The molecule has 2 saturated heterocycles. The molecule has 4 aliphatic rings. The number of amides is 3. The van der Waals surface area contributed by atoms with Gasteiger partial charge < -0.3 is 24.6 Å². The van der Waals surface area contributed by atoms with E-state index in [0.29, 0.717) is 43.7 Å². The van der Waals surface area contributed by atoms with Crippen LogP contribution in [-0.2, 0) is 19.1 Å². The molecule has 6 rings (SSSR count). The zero-order chi connectivity index (χ0) is 30.1. The van der Waals surface area contributed by atoms with Crippen molar-refractivity contribution in [3.63, 3.8) is 0 Å². The number of fused-ring (bicyclic) bond motifs is 5.